The van der Waals surface area contributed by atoms with Crippen LogP contribution in [0.3, 0.4) is 0 Å². The number of nitrogens with zero attached hydrogens (tertiary/aromatic N) is 6. The van der Waals surface area contributed by atoms with Crippen molar-refractivity contribution in [3.05, 3.63) is 86.6 Å². The van der Waals surface area contributed by atoms with Gasteiger partial charge in [0.2, 0.25) is 5.95 Å². The van der Waals surface area contributed by atoms with Gasteiger partial charge < -0.3 is 10.6 Å². The molecule has 1 fully saturated rings. The zero-order valence-corrected chi connectivity index (χ0v) is 22.0. The Bertz CT molecular complexity index is 1750. The first-order valence-corrected chi connectivity index (χ1v) is 13.4. The minimum absolute atomic E-state index is 0.0154. The first-order valence-electron chi connectivity index (χ1n) is 13.4. The predicted octanol–water partition coefficient (Wildman–Crippen LogP) is 2.35. The molecule has 2 aliphatic heterocycles. The van der Waals surface area contributed by atoms with Crippen LogP contribution in [-0.2, 0) is 19.5 Å². The summed E-state index contributed by atoms with van der Waals surface area (Å²) in [6, 6.07) is 17.4. The molecule has 39 heavy (non-hydrogen) atoms. The fraction of sp³-hybridized carbons (Fsp3) is 0.333. The molecule has 2 N–H and O–H groups in total. The number of benzene rings is 2. The van der Waals surface area contributed by atoms with E-state index in [1.54, 1.807) is 6.92 Å². The molecule has 9 heteroatoms. The summed E-state index contributed by atoms with van der Waals surface area (Å²) in [7, 11) is 0. The highest BCUT2D eigenvalue weighted by atomic mass is 16.2. The van der Waals surface area contributed by atoms with E-state index in [2.05, 4.69) is 22.8 Å². The molecule has 0 spiro atoms. The maximum Gasteiger partial charge on any atom is 0.337 e. The van der Waals surface area contributed by atoms with E-state index < -0.39 is 11.2 Å². The van der Waals surface area contributed by atoms with E-state index in [-0.39, 0.29) is 19.1 Å². The van der Waals surface area contributed by atoms with Crippen molar-refractivity contribution in [1.82, 2.24) is 18.7 Å². The van der Waals surface area contributed by atoms with Crippen molar-refractivity contribution in [2.24, 2.45) is 10.7 Å². The molecule has 0 bridgehead atoms. The fourth-order valence-electron chi connectivity index (χ4n) is 5.61. The van der Waals surface area contributed by atoms with Crippen molar-refractivity contribution >= 4 is 22.8 Å². The molecule has 2 aliphatic rings. The average molecular weight is 522 g/mol. The molecular weight excluding hydrogens is 490 g/mol. The highest BCUT2D eigenvalue weighted by molar-refractivity contribution is 6.02. The number of aliphatic imine (C=N–C) groups is 1. The highest BCUT2D eigenvalue weighted by Crippen LogP contribution is 2.25. The van der Waals surface area contributed by atoms with Gasteiger partial charge in [0.05, 0.1) is 24.5 Å². The number of piperidine rings is 1. The Kier molecular flexibility index (Phi) is 6.63. The van der Waals surface area contributed by atoms with Gasteiger partial charge in [-0.05, 0) is 43.9 Å². The van der Waals surface area contributed by atoms with Gasteiger partial charge in [-0.3, -0.25) is 18.9 Å². The summed E-state index contributed by atoms with van der Waals surface area (Å²) in [5.41, 5.74) is 9.66. The van der Waals surface area contributed by atoms with E-state index >= 15 is 0 Å². The Morgan fingerprint density at radius 3 is 2.64 bits per heavy atom. The van der Waals surface area contributed by atoms with Gasteiger partial charge in [-0.1, -0.05) is 48.4 Å². The predicted molar refractivity (Wildman–Crippen MR) is 154 cm³/mol. The van der Waals surface area contributed by atoms with Crippen LogP contribution in [0.5, 0.6) is 0 Å². The van der Waals surface area contributed by atoms with Crippen LogP contribution in [-0.4, -0.2) is 50.1 Å². The van der Waals surface area contributed by atoms with E-state index in [4.69, 9.17) is 15.7 Å². The Morgan fingerprint density at radius 2 is 1.85 bits per heavy atom. The number of imidazole rings is 1. The van der Waals surface area contributed by atoms with E-state index in [1.165, 1.54) is 14.7 Å². The number of hydrogen-bond acceptors (Lipinski definition) is 6. The van der Waals surface area contributed by atoms with Crippen LogP contribution in [0.4, 0.5) is 5.95 Å². The topological polar surface area (TPSA) is 103 Å². The van der Waals surface area contributed by atoms with Crippen LogP contribution in [0, 0.1) is 11.8 Å². The van der Waals surface area contributed by atoms with Crippen molar-refractivity contribution < 1.29 is 0 Å². The smallest absolute Gasteiger partial charge is 0.337 e. The number of para-hydroxylation sites is 1. The van der Waals surface area contributed by atoms with Crippen molar-refractivity contribution in [2.45, 2.75) is 45.3 Å². The van der Waals surface area contributed by atoms with E-state index in [9.17, 15) is 9.59 Å². The van der Waals surface area contributed by atoms with E-state index in [0.717, 1.165) is 37.1 Å². The standard InChI is InChI=1S/C30H31N7O2/c1-2-3-18-35-26-27(33-29(35)34-17-9-11-22(31)19-34)37(23-12-5-4-6-13-23)30(39)36(28(26)38)20-25-24-14-8-7-10-21(24)15-16-32-25/h4-8,10,12-14,22H,9,11,15-20,31H2,1H3. The minimum Gasteiger partial charge on any atom is -0.341 e. The molecule has 1 unspecified atom stereocenters. The number of nitrogens with two attached hydrogens (primary N) is 1. The normalized spacial score (nSPS) is 16.9. The third-order valence-electron chi connectivity index (χ3n) is 7.50. The molecule has 0 amide bonds. The van der Waals surface area contributed by atoms with Gasteiger partial charge in [-0.15, -0.1) is 5.92 Å². The molecule has 0 aliphatic carbocycles. The lowest BCUT2D eigenvalue weighted by Gasteiger charge is -2.31. The molecule has 2 aromatic heterocycles. The van der Waals surface area contributed by atoms with Crippen molar-refractivity contribution in [3.8, 4) is 17.5 Å². The second-order valence-corrected chi connectivity index (χ2v) is 10.0. The number of aromatic nitrogens is 4. The quantitative estimate of drug-likeness (QED) is 0.406. The second-order valence-electron chi connectivity index (χ2n) is 10.0. The van der Waals surface area contributed by atoms with Crippen LogP contribution in [0.1, 0.15) is 30.9 Å². The fourth-order valence-corrected chi connectivity index (χ4v) is 5.61. The van der Waals surface area contributed by atoms with Gasteiger partial charge in [0.1, 0.15) is 0 Å². The molecule has 0 radical (unpaired) electrons. The van der Waals surface area contributed by atoms with Gasteiger partial charge in [0, 0.05) is 31.2 Å². The van der Waals surface area contributed by atoms with Gasteiger partial charge in [-0.25, -0.2) is 9.36 Å². The maximum atomic E-state index is 14.2. The van der Waals surface area contributed by atoms with Crippen LogP contribution < -0.4 is 21.9 Å². The molecule has 4 aromatic rings. The third kappa shape index (κ3) is 4.47. The summed E-state index contributed by atoms with van der Waals surface area (Å²) in [6.45, 7) is 4.15. The summed E-state index contributed by atoms with van der Waals surface area (Å²) in [5.74, 6) is 6.66. The maximum absolute atomic E-state index is 14.2. The van der Waals surface area contributed by atoms with Crippen LogP contribution in [0.15, 0.2) is 69.2 Å². The zero-order valence-electron chi connectivity index (χ0n) is 22.0. The lowest BCUT2D eigenvalue weighted by Crippen LogP contribution is -2.44. The summed E-state index contributed by atoms with van der Waals surface area (Å²) in [5, 5.41) is 0. The third-order valence-corrected chi connectivity index (χ3v) is 7.50. The molecule has 198 valence electrons. The largest absolute Gasteiger partial charge is 0.341 e. The monoisotopic (exact) mass is 521 g/mol. The number of fused-ring (bicyclic) bond motifs is 2. The molecule has 2 aromatic carbocycles. The Labute approximate surface area is 226 Å². The molecule has 6 rings (SSSR count). The molecule has 1 atom stereocenters. The van der Waals surface area contributed by atoms with Crippen LogP contribution >= 0.6 is 0 Å². The Morgan fingerprint density at radius 1 is 1.05 bits per heavy atom. The van der Waals surface area contributed by atoms with Crippen molar-refractivity contribution in [1.29, 1.82) is 0 Å². The summed E-state index contributed by atoms with van der Waals surface area (Å²) in [4.78, 5) is 40.1. The lowest BCUT2D eigenvalue weighted by atomic mass is 9.98. The number of hydrogen-bond donors (Lipinski definition) is 1. The van der Waals surface area contributed by atoms with Crippen molar-refractivity contribution in [2.75, 3.05) is 24.5 Å². The van der Waals surface area contributed by atoms with Crippen LogP contribution in [0.2, 0.25) is 0 Å². The Balaban J connectivity index is 1.62. The molecule has 0 saturated carbocycles. The summed E-state index contributed by atoms with van der Waals surface area (Å²) >= 11 is 0. The number of rotatable bonds is 5. The SMILES string of the molecule is CC#CCn1c(N2CCCC(N)C2)nc2c1c(=O)n(CC1=NCCc3ccccc31)c(=O)n2-c1ccccc1. The first kappa shape index (κ1) is 24.9. The molecule has 9 nitrogen and oxygen atoms in total. The van der Waals surface area contributed by atoms with E-state index in [1.807, 2.05) is 53.1 Å². The Hall–Kier alpha value is -4.42. The molecule has 1 saturated heterocycles. The zero-order chi connectivity index (χ0) is 26.9. The number of anilines is 1. The summed E-state index contributed by atoms with van der Waals surface area (Å²) < 4.78 is 4.67. The average Bonchev–Trinajstić information content (AvgIpc) is 3.34. The molecular formula is C30H31N7O2. The first-order chi connectivity index (χ1) is 19.1. The van der Waals surface area contributed by atoms with Gasteiger partial charge in [-0.2, -0.15) is 4.98 Å². The highest BCUT2D eigenvalue weighted by Gasteiger charge is 2.28. The minimum atomic E-state index is -0.447. The lowest BCUT2D eigenvalue weighted by molar-refractivity contribution is 0.496. The van der Waals surface area contributed by atoms with Crippen LogP contribution in [0.25, 0.3) is 16.9 Å². The van der Waals surface area contributed by atoms with Gasteiger partial charge in [0.15, 0.2) is 11.2 Å². The van der Waals surface area contributed by atoms with Gasteiger partial charge in [0.25, 0.3) is 5.56 Å². The van der Waals surface area contributed by atoms with Gasteiger partial charge >= 0.3 is 5.69 Å². The second kappa shape index (κ2) is 10.4. The van der Waals surface area contributed by atoms with Crippen molar-refractivity contribution in [3.63, 3.8) is 0 Å². The summed E-state index contributed by atoms with van der Waals surface area (Å²) in [6.07, 6.45) is 2.71. The van der Waals surface area contributed by atoms with E-state index in [0.29, 0.717) is 35.9 Å². The molecule has 4 heterocycles.